The van der Waals surface area contributed by atoms with Gasteiger partial charge in [-0.2, -0.15) is 0 Å². The Morgan fingerprint density at radius 3 is 2.76 bits per heavy atom. The Kier molecular flexibility index (Phi) is 4.57. The van der Waals surface area contributed by atoms with Crippen molar-refractivity contribution in [2.75, 3.05) is 19.7 Å². The molecule has 0 aromatic heterocycles. The number of nitrogens with one attached hydrogen (secondary N) is 1. The first kappa shape index (κ1) is 12.6. The maximum atomic E-state index is 6.07. The number of aryl methyl sites for hydroxylation is 1. The minimum atomic E-state index is 0.205. The quantitative estimate of drug-likeness (QED) is 0.781. The Morgan fingerprint density at radius 2 is 2.12 bits per heavy atom. The fourth-order valence-electron chi connectivity index (χ4n) is 2.02. The topological polar surface area (TPSA) is 21.3 Å². The van der Waals surface area contributed by atoms with E-state index in [0.29, 0.717) is 0 Å². The summed E-state index contributed by atoms with van der Waals surface area (Å²) >= 11 is 0. The second-order valence-electron chi connectivity index (χ2n) is 4.93. The van der Waals surface area contributed by atoms with E-state index in [1.54, 1.807) is 0 Å². The van der Waals surface area contributed by atoms with Crippen LogP contribution in [-0.2, 0) is 4.74 Å². The highest BCUT2D eigenvalue weighted by Gasteiger charge is 2.24. The summed E-state index contributed by atoms with van der Waals surface area (Å²) in [5.41, 5.74) is 2.65. The summed E-state index contributed by atoms with van der Waals surface area (Å²) in [7, 11) is 0. The van der Waals surface area contributed by atoms with Gasteiger partial charge in [0.25, 0.3) is 0 Å². The molecule has 1 aromatic rings. The Hall–Kier alpha value is -0.860. The first-order valence-electron chi connectivity index (χ1n) is 6.69. The number of hydrogen-bond acceptors (Lipinski definition) is 2. The van der Waals surface area contributed by atoms with Gasteiger partial charge in [-0.25, -0.2) is 0 Å². The van der Waals surface area contributed by atoms with Crippen LogP contribution >= 0.6 is 0 Å². The second-order valence-corrected chi connectivity index (χ2v) is 4.93. The van der Waals surface area contributed by atoms with E-state index in [4.69, 9.17) is 4.74 Å². The molecule has 0 bridgehead atoms. The zero-order valence-electron chi connectivity index (χ0n) is 10.9. The molecule has 0 aliphatic heterocycles. The Balaban J connectivity index is 1.99. The van der Waals surface area contributed by atoms with Gasteiger partial charge in [0.2, 0.25) is 0 Å². The third-order valence-corrected chi connectivity index (χ3v) is 3.35. The molecule has 1 fully saturated rings. The van der Waals surface area contributed by atoms with Crippen molar-refractivity contribution in [1.82, 2.24) is 5.32 Å². The Bertz CT molecular complexity index is 347. The molecule has 2 nitrogen and oxygen atoms in total. The van der Waals surface area contributed by atoms with Gasteiger partial charge >= 0.3 is 0 Å². The highest BCUT2D eigenvalue weighted by molar-refractivity contribution is 5.28. The molecule has 1 aliphatic rings. The lowest BCUT2D eigenvalue weighted by atomic mass is 10.0. The summed E-state index contributed by atoms with van der Waals surface area (Å²) in [4.78, 5) is 0. The molecule has 1 aliphatic carbocycles. The van der Waals surface area contributed by atoms with Gasteiger partial charge in [-0.1, -0.05) is 31.2 Å². The molecule has 2 rings (SSSR count). The molecular weight excluding hydrogens is 210 g/mol. The lowest BCUT2D eigenvalue weighted by Gasteiger charge is -2.20. The minimum Gasteiger partial charge on any atom is -0.372 e. The molecule has 0 saturated heterocycles. The van der Waals surface area contributed by atoms with E-state index in [-0.39, 0.29) is 6.10 Å². The average Bonchev–Trinajstić information content (AvgIpc) is 3.15. The van der Waals surface area contributed by atoms with Crippen LogP contribution in [0.15, 0.2) is 24.3 Å². The van der Waals surface area contributed by atoms with Gasteiger partial charge in [-0.05, 0) is 43.4 Å². The Labute approximate surface area is 104 Å². The van der Waals surface area contributed by atoms with Crippen molar-refractivity contribution in [2.24, 2.45) is 5.92 Å². The van der Waals surface area contributed by atoms with Crippen molar-refractivity contribution >= 4 is 0 Å². The van der Waals surface area contributed by atoms with Crippen molar-refractivity contribution < 1.29 is 4.74 Å². The number of rotatable bonds is 7. The fraction of sp³-hybridized carbons (Fsp3) is 0.600. The van der Waals surface area contributed by atoms with E-state index in [9.17, 15) is 0 Å². The van der Waals surface area contributed by atoms with Gasteiger partial charge in [0.05, 0.1) is 12.7 Å². The first-order chi connectivity index (χ1) is 8.31. The van der Waals surface area contributed by atoms with Crippen LogP contribution in [0.3, 0.4) is 0 Å². The van der Waals surface area contributed by atoms with E-state index in [1.165, 1.54) is 24.0 Å². The summed E-state index contributed by atoms with van der Waals surface area (Å²) in [6, 6.07) is 8.53. The number of hydrogen-bond donors (Lipinski definition) is 1. The molecule has 1 atom stereocenters. The maximum absolute atomic E-state index is 6.07. The van der Waals surface area contributed by atoms with E-state index in [2.05, 4.69) is 43.4 Å². The molecule has 94 valence electrons. The SMILES string of the molecule is CCNCC(OCC1CC1)c1ccccc1C. The maximum Gasteiger partial charge on any atom is 0.0951 e. The number of ether oxygens (including phenoxy) is 1. The predicted octanol–water partition coefficient (Wildman–Crippen LogP) is 3.07. The number of benzene rings is 1. The van der Waals surface area contributed by atoms with Crippen molar-refractivity contribution in [1.29, 1.82) is 0 Å². The van der Waals surface area contributed by atoms with E-state index in [0.717, 1.165) is 25.6 Å². The van der Waals surface area contributed by atoms with E-state index in [1.807, 2.05) is 0 Å². The number of likely N-dealkylation sites (N-methyl/N-ethyl adjacent to an activating group) is 1. The molecular formula is C15H23NO. The molecule has 0 spiro atoms. The lowest BCUT2D eigenvalue weighted by molar-refractivity contribution is 0.0452. The van der Waals surface area contributed by atoms with E-state index < -0.39 is 0 Å². The van der Waals surface area contributed by atoms with Gasteiger partial charge < -0.3 is 10.1 Å². The molecule has 1 saturated carbocycles. The highest BCUT2D eigenvalue weighted by Crippen LogP contribution is 2.31. The molecule has 17 heavy (non-hydrogen) atoms. The molecule has 1 aromatic carbocycles. The summed E-state index contributed by atoms with van der Waals surface area (Å²) < 4.78 is 6.07. The summed E-state index contributed by atoms with van der Waals surface area (Å²) in [6.07, 6.45) is 2.90. The molecule has 0 heterocycles. The van der Waals surface area contributed by atoms with Gasteiger partial charge in [0, 0.05) is 6.54 Å². The molecule has 2 heteroatoms. The zero-order chi connectivity index (χ0) is 12.1. The van der Waals surface area contributed by atoms with Crippen molar-refractivity contribution in [2.45, 2.75) is 32.8 Å². The summed E-state index contributed by atoms with van der Waals surface area (Å²) in [5.74, 6) is 0.822. The lowest BCUT2D eigenvalue weighted by Crippen LogP contribution is -2.24. The molecule has 1 unspecified atom stereocenters. The van der Waals surface area contributed by atoms with Crippen LogP contribution in [0.2, 0.25) is 0 Å². The largest absolute Gasteiger partial charge is 0.372 e. The van der Waals surface area contributed by atoms with Crippen molar-refractivity contribution in [3.63, 3.8) is 0 Å². The predicted molar refractivity (Wildman–Crippen MR) is 71.1 cm³/mol. The normalized spacial score (nSPS) is 17.1. The average molecular weight is 233 g/mol. The second kappa shape index (κ2) is 6.18. The monoisotopic (exact) mass is 233 g/mol. The van der Waals surface area contributed by atoms with Gasteiger partial charge in [0.15, 0.2) is 0 Å². The third kappa shape index (κ3) is 3.83. The van der Waals surface area contributed by atoms with Gasteiger partial charge in [-0.15, -0.1) is 0 Å². The standard InChI is InChI=1S/C15H23NO/c1-3-16-10-15(17-11-13-8-9-13)14-7-5-4-6-12(14)2/h4-7,13,15-16H,3,8-11H2,1-2H3. The van der Waals surface area contributed by atoms with Gasteiger partial charge in [-0.3, -0.25) is 0 Å². The Morgan fingerprint density at radius 1 is 1.35 bits per heavy atom. The van der Waals surface area contributed by atoms with Gasteiger partial charge in [0.1, 0.15) is 0 Å². The third-order valence-electron chi connectivity index (χ3n) is 3.35. The van der Waals surface area contributed by atoms with Crippen molar-refractivity contribution in [3.8, 4) is 0 Å². The summed E-state index contributed by atoms with van der Waals surface area (Å²) in [5, 5.41) is 3.39. The van der Waals surface area contributed by atoms with E-state index >= 15 is 0 Å². The molecule has 0 amide bonds. The van der Waals surface area contributed by atoms with Crippen LogP contribution < -0.4 is 5.32 Å². The zero-order valence-corrected chi connectivity index (χ0v) is 10.9. The van der Waals surface area contributed by atoms with Crippen LogP contribution in [-0.4, -0.2) is 19.7 Å². The van der Waals surface area contributed by atoms with Crippen LogP contribution in [0, 0.1) is 12.8 Å². The molecule has 0 radical (unpaired) electrons. The van der Waals surface area contributed by atoms with Crippen LogP contribution in [0.4, 0.5) is 0 Å². The van der Waals surface area contributed by atoms with Crippen LogP contribution in [0.1, 0.15) is 37.0 Å². The highest BCUT2D eigenvalue weighted by atomic mass is 16.5. The summed E-state index contributed by atoms with van der Waals surface area (Å²) in [6.45, 7) is 7.12. The first-order valence-corrected chi connectivity index (χ1v) is 6.69. The smallest absolute Gasteiger partial charge is 0.0951 e. The van der Waals surface area contributed by atoms with Crippen LogP contribution in [0.5, 0.6) is 0 Å². The minimum absolute atomic E-state index is 0.205. The van der Waals surface area contributed by atoms with Crippen molar-refractivity contribution in [3.05, 3.63) is 35.4 Å². The van der Waals surface area contributed by atoms with Crippen LogP contribution in [0.25, 0.3) is 0 Å². The fourth-order valence-corrected chi connectivity index (χ4v) is 2.02. The molecule has 1 N–H and O–H groups in total.